The van der Waals surface area contributed by atoms with Crippen molar-refractivity contribution in [3.8, 4) is 11.5 Å². The van der Waals surface area contributed by atoms with Crippen LogP contribution in [0.4, 0.5) is 23.2 Å². The molecule has 3 aromatic rings. The molecule has 0 saturated carbocycles. The minimum absolute atomic E-state index is 0.0814. The second-order valence-corrected chi connectivity index (χ2v) is 12.8. The number of halogens is 4. The predicted octanol–water partition coefficient (Wildman–Crippen LogP) is 8.07. The van der Waals surface area contributed by atoms with Crippen molar-refractivity contribution >= 4 is 19.4 Å². The van der Waals surface area contributed by atoms with E-state index in [9.17, 15) is 31.7 Å². The standard InChI is InChI=1S/C29H33F4N2O7P/c1-18-14-20(30)9-11-23(18)40-24-15-19(29(31,32)33)8-10-22(24)26(37)34-21-12-13-35(25(36)16-21)17-39-43(38,41-27(2,3)4)42-28(5,6)7/h8-16H,17H2,1-7H3,(H,34,37)/i1D3. The van der Waals surface area contributed by atoms with Gasteiger partial charge in [-0.05, 0) is 96.4 Å². The van der Waals surface area contributed by atoms with Gasteiger partial charge in [0.05, 0.1) is 22.3 Å². The number of pyridine rings is 1. The number of anilines is 1. The van der Waals surface area contributed by atoms with Crippen molar-refractivity contribution in [2.24, 2.45) is 0 Å². The molecular weight excluding hydrogens is 595 g/mol. The van der Waals surface area contributed by atoms with Crippen LogP contribution in [0.25, 0.3) is 0 Å². The van der Waals surface area contributed by atoms with Gasteiger partial charge in [0, 0.05) is 22.1 Å². The Hall–Kier alpha value is -3.51. The van der Waals surface area contributed by atoms with Crippen molar-refractivity contribution in [2.45, 2.75) is 72.5 Å². The number of amides is 1. The Labute approximate surface area is 250 Å². The molecule has 14 heteroatoms. The molecule has 3 rings (SSSR count). The van der Waals surface area contributed by atoms with Gasteiger partial charge in [-0.15, -0.1) is 0 Å². The third-order valence-corrected chi connectivity index (χ3v) is 7.07. The molecule has 43 heavy (non-hydrogen) atoms. The molecule has 0 aliphatic carbocycles. The van der Waals surface area contributed by atoms with E-state index in [2.05, 4.69) is 5.32 Å². The smallest absolute Gasteiger partial charge is 0.456 e. The number of hydrogen-bond acceptors (Lipinski definition) is 7. The minimum atomic E-state index is -4.85. The van der Waals surface area contributed by atoms with Gasteiger partial charge in [-0.2, -0.15) is 13.2 Å². The number of ether oxygens (including phenoxy) is 1. The average molecular weight is 632 g/mol. The zero-order chi connectivity index (χ0) is 34.9. The van der Waals surface area contributed by atoms with Crippen LogP contribution in [0.3, 0.4) is 0 Å². The Morgan fingerprint density at radius 1 is 0.953 bits per heavy atom. The predicted molar refractivity (Wildman–Crippen MR) is 152 cm³/mol. The van der Waals surface area contributed by atoms with Gasteiger partial charge in [-0.1, -0.05) is 0 Å². The Balaban J connectivity index is 1.90. The number of carbonyl (C=O) groups is 1. The number of phosphoric ester groups is 1. The average Bonchev–Trinajstić information content (AvgIpc) is 2.85. The number of alkyl halides is 3. The highest BCUT2D eigenvalue weighted by molar-refractivity contribution is 7.48. The van der Waals surface area contributed by atoms with Crippen molar-refractivity contribution in [3.63, 3.8) is 0 Å². The van der Waals surface area contributed by atoms with Gasteiger partial charge < -0.3 is 10.1 Å². The van der Waals surface area contributed by atoms with Crippen LogP contribution in [0.15, 0.2) is 59.5 Å². The lowest BCUT2D eigenvalue weighted by atomic mass is 10.1. The highest BCUT2D eigenvalue weighted by Gasteiger charge is 2.37. The fraction of sp³-hybridized carbons (Fsp3) is 0.379. The zero-order valence-electron chi connectivity index (χ0n) is 27.2. The molecule has 0 spiro atoms. The molecule has 2 aromatic carbocycles. The second-order valence-electron chi connectivity index (χ2n) is 11.2. The monoisotopic (exact) mass is 631 g/mol. The first-order chi connectivity index (χ1) is 20.9. The topological polar surface area (TPSA) is 105 Å². The van der Waals surface area contributed by atoms with E-state index in [1.165, 1.54) is 12.3 Å². The molecule has 0 unspecified atom stereocenters. The van der Waals surface area contributed by atoms with Gasteiger partial charge in [0.15, 0.2) is 0 Å². The van der Waals surface area contributed by atoms with Crippen molar-refractivity contribution in [3.05, 3.63) is 87.6 Å². The fourth-order valence-corrected chi connectivity index (χ4v) is 5.20. The van der Waals surface area contributed by atoms with Gasteiger partial charge >= 0.3 is 14.0 Å². The van der Waals surface area contributed by atoms with Gasteiger partial charge in [0.25, 0.3) is 11.5 Å². The first kappa shape index (κ1) is 29.6. The van der Waals surface area contributed by atoms with E-state index in [1.54, 1.807) is 41.5 Å². The van der Waals surface area contributed by atoms with Gasteiger partial charge in [0.1, 0.15) is 24.0 Å². The maximum Gasteiger partial charge on any atom is 0.477 e. The quantitative estimate of drug-likeness (QED) is 0.188. The normalized spacial score (nSPS) is 14.0. The third kappa shape index (κ3) is 10.0. The fourth-order valence-electron chi connectivity index (χ4n) is 3.45. The third-order valence-electron chi connectivity index (χ3n) is 5.10. The lowest BCUT2D eigenvalue weighted by Crippen LogP contribution is -2.26. The molecule has 0 atom stereocenters. The molecule has 0 radical (unpaired) electrons. The maximum absolute atomic E-state index is 13.8. The number of aromatic nitrogens is 1. The first-order valence-electron chi connectivity index (χ1n) is 14.2. The summed E-state index contributed by atoms with van der Waals surface area (Å²) >= 11 is 0. The van der Waals surface area contributed by atoms with Gasteiger partial charge in [-0.25, -0.2) is 8.96 Å². The van der Waals surface area contributed by atoms with E-state index in [1.807, 2.05) is 0 Å². The number of aryl methyl sites for hydroxylation is 1. The van der Waals surface area contributed by atoms with E-state index >= 15 is 0 Å². The highest BCUT2D eigenvalue weighted by Crippen LogP contribution is 2.55. The maximum atomic E-state index is 13.8. The molecule has 1 amide bonds. The molecular formula is C29H33F4N2O7P. The number of phosphoric acid groups is 1. The summed E-state index contributed by atoms with van der Waals surface area (Å²) in [6, 6.07) is 6.57. The molecule has 0 aliphatic rings. The number of carbonyl (C=O) groups excluding carboxylic acids is 1. The second kappa shape index (κ2) is 12.6. The van der Waals surface area contributed by atoms with Crippen LogP contribution in [0.1, 0.15) is 67.1 Å². The first-order valence-corrected chi connectivity index (χ1v) is 14.2. The molecule has 0 fully saturated rings. The Morgan fingerprint density at radius 3 is 2.16 bits per heavy atom. The van der Waals surface area contributed by atoms with Gasteiger partial charge in [0.2, 0.25) is 0 Å². The Kier molecular flexibility index (Phi) is 8.67. The van der Waals surface area contributed by atoms with Crippen LogP contribution in [-0.4, -0.2) is 21.7 Å². The molecule has 234 valence electrons. The number of benzene rings is 2. The number of nitrogens with zero attached hydrogens (tertiary/aromatic N) is 1. The molecule has 1 aromatic heterocycles. The van der Waals surface area contributed by atoms with E-state index in [0.717, 1.165) is 28.8 Å². The molecule has 0 bridgehead atoms. The van der Waals surface area contributed by atoms with Crippen LogP contribution < -0.4 is 15.6 Å². The van der Waals surface area contributed by atoms with E-state index in [-0.39, 0.29) is 5.69 Å². The SMILES string of the molecule is [2H]C([2H])([2H])c1cc(F)ccc1Oc1cc(C(F)(F)F)ccc1C(=O)Nc1ccn(COP(=O)(OC(C)(C)C)OC(C)(C)C)c(=O)c1. The number of rotatable bonds is 9. The summed E-state index contributed by atoms with van der Waals surface area (Å²) in [6.07, 6.45) is -3.66. The molecule has 0 saturated heterocycles. The minimum Gasteiger partial charge on any atom is -0.456 e. The van der Waals surface area contributed by atoms with Crippen molar-refractivity contribution in [1.82, 2.24) is 4.57 Å². The highest BCUT2D eigenvalue weighted by atomic mass is 31.2. The van der Waals surface area contributed by atoms with E-state index in [4.69, 9.17) is 22.4 Å². The van der Waals surface area contributed by atoms with Crippen LogP contribution >= 0.6 is 7.82 Å². The summed E-state index contributed by atoms with van der Waals surface area (Å²) in [6.45, 7) is 6.36. The largest absolute Gasteiger partial charge is 0.477 e. The summed E-state index contributed by atoms with van der Waals surface area (Å²) in [5, 5.41) is 2.37. The molecule has 0 aliphatic heterocycles. The van der Waals surface area contributed by atoms with Crippen LogP contribution in [0.2, 0.25) is 0 Å². The van der Waals surface area contributed by atoms with Crippen molar-refractivity contribution < 1.29 is 49.3 Å². The Bertz CT molecular complexity index is 1680. The Morgan fingerprint density at radius 2 is 1.60 bits per heavy atom. The lowest BCUT2D eigenvalue weighted by molar-refractivity contribution is -0.137. The van der Waals surface area contributed by atoms with Crippen LogP contribution in [0, 0.1) is 12.7 Å². The summed E-state index contributed by atoms with van der Waals surface area (Å²) < 4.78 is 113. The summed E-state index contributed by atoms with van der Waals surface area (Å²) in [5.74, 6) is -3.12. The molecule has 9 nitrogen and oxygen atoms in total. The summed E-state index contributed by atoms with van der Waals surface area (Å²) in [7, 11) is -4.17. The van der Waals surface area contributed by atoms with Crippen LogP contribution in [0.5, 0.6) is 11.5 Å². The van der Waals surface area contributed by atoms with Crippen molar-refractivity contribution in [2.75, 3.05) is 5.32 Å². The van der Waals surface area contributed by atoms with Gasteiger partial charge in [-0.3, -0.25) is 27.7 Å². The summed E-state index contributed by atoms with van der Waals surface area (Å²) in [5.41, 5.74) is -4.96. The van der Waals surface area contributed by atoms with E-state index in [0.29, 0.717) is 18.2 Å². The summed E-state index contributed by atoms with van der Waals surface area (Å²) in [4.78, 5) is 26.0. The van der Waals surface area contributed by atoms with Crippen molar-refractivity contribution in [1.29, 1.82) is 0 Å². The number of nitrogens with one attached hydrogen (secondary N) is 1. The van der Waals surface area contributed by atoms with Crippen LogP contribution in [-0.2, 0) is 31.0 Å². The molecule has 1 heterocycles. The van der Waals surface area contributed by atoms with E-state index < -0.39 is 84.3 Å². The zero-order valence-corrected chi connectivity index (χ0v) is 25.1. The lowest BCUT2D eigenvalue weighted by Gasteiger charge is -2.30. The molecule has 1 N–H and O–H groups in total. The number of hydrogen-bond donors (Lipinski definition) is 1.